The summed E-state index contributed by atoms with van der Waals surface area (Å²) in [6.45, 7) is 6.27. The van der Waals surface area contributed by atoms with Crippen molar-refractivity contribution in [1.82, 2.24) is 5.32 Å². The third kappa shape index (κ3) is 3.95. The quantitative estimate of drug-likeness (QED) is 0.638. The van der Waals surface area contributed by atoms with Crippen LogP contribution >= 0.6 is 0 Å². The van der Waals surface area contributed by atoms with E-state index in [1.165, 1.54) is 4.31 Å². The van der Waals surface area contributed by atoms with Crippen LogP contribution in [0.3, 0.4) is 0 Å². The van der Waals surface area contributed by atoms with Crippen LogP contribution in [0.4, 0.5) is 5.69 Å². The molecule has 160 valence electrons. The molecule has 31 heavy (non-hydrogen) atoms. The van der Waals surface area contributed by atoms with Crippen molar-refractivity contribution in [3.05, 3.63) is 83.4 Å². The molecule has 0 aromatic heterocycles. The predicted molar refractivity (Wildman–Crippen MR) is 124 cm³/mol. The minimum atomic E-state index is -3.84. The number of carbonyl (C=O) groups excluding carboxylic acids is 1. The first-order valence-electron chi connectivity index (χ1n) is 10.4. The molecule has 0 saturated heterocycles. The maximum Gasteiger partial charge on any atom is 0.265 e. The van der Waals surface area contributed by atoms with Gasteiger partial charge in [0, 0.05) is 17.7 Å². The van der Waals surface area contributed by atoms with E-state index in [0.717, 1.165) is 22.3 Å². The number of aryl methyl sites for hydroxylation is 1. The SMILES string of the molecule is Cc1ccccc1CNC(=O)CN1c2ccc(C(C)C)cc2-c2ccccc2S1(=O)=O. The summed E-state index contributed by atoms with van der Waals surface area (Å²) in [5.41, 5.74) is 5.25. The molecule has 0 spiro atoms. The van der Waals surface area contributed by atoms with Gasteiger partial charge in [0.25, 0.3) is 10.0 Å². The van der Waals surface area contributed by atoms with E-state index in [1.54, 1.807) is 12.1 Å². The average Bonchev–Trinajstić information content (AvgIpc) is 2.76. The number of anilines is 1. The van der Waals surface area contributed by atoms with E-state index in [-0.39, 0.29) is 17.3 Å². The van der Waals surface area contributed by atoms with E-state index in [1.807, 2.05) is 61.5 Å². The fourth-order valence-corrected chi connectivity index (χ4v) is 5.52. The Morgan fingerprint density at radius 1 is 0.968 bits per heavy atom. The third-order valence-electron chi connectivity index (χ3n) is 5.73. The normalized spacial score (nSPS) is 14.1. The number of rotatable bonds is 5. The van der Waals surface area contributed by atoms with Crippen LogP contribution in [0, 0.1) is 6.92 Å². The van der Waals surface area contributed by atoms with E-state index in [0.29, 0.717) is 23.7 Å². The zero-order chi connectivity index (χ0) is 22.2. The van der Waals surface area contributed by atoms with Crippen LogP contribution in [0.25, 0.3) is 11.1 Å². The molecule has 3 aromatic carbocycles. The summed E-state index contributed by atoms with van der Waals surface area (Å²) in [6.07, 6.45) is 0. The van der Waals surface area contributed by atoms with Crippen LogP contribution in [0.15, 0.2) is 71.6 Å². The van der Waals surface area contributed by atoms with Gasteiger partial charge in [0.2, 0.25) is 5.91 Å². The van der Waals surface area contributed by atoms with Crippen molar-refractivity contribution in [2.24, 2.45) is 0 Å². The Morgan fingerprint density at radius 3 is 2.42 bits per heavy atom. The molecule has 0 atom stereocenters. The van der Waals surface area contributed by atoms with Crippen molar-refractivity contribution in [3.63, 3.8) is 0 Å². The molecule has 1 aliphatic heterocycles. The molecule has 6 heteroatoms. The molecule has 3 aromatic rings. The fraction of sp³-hybridized carbons (Fsp3) is 0.240. The second-order valence-electron chi connectivity index (χ2n) is 8.14. The highest BCUT2D eigenvalue weighted by Crippen LogP contribution is 2.43. The first kappa shape index (κ1) is 21.1. The number of hydrogen-bond acceptors (Lipinski definition) is 3. The lowest BCUT2D eigenvalue weighted by molar-refractivity contribution is -0.119. The Hall–Kier alpha value is -3.12. The number of benzene rings is 3. The Labute approximate surface area is 183 Å². The lowest BCUT2D eigenvalue weighted by Crippen LogP contribution is -2.42. The van der Waals surface area contributed by atoms with Gasteiger partial charge in [0.1, 0.15) is 6.54 Å². The van der Waals surface area contributed by atoms with Crippen molar-refractivity contribution in [2.45, 2.75) is 38.1 Å². The fourth-order valence-electron chi connectivity index (χ4n) is 3.87. The molecule has 0 fully saturated rings. The van der Waals surface area contributed by atoms with Gasteiger partial charge in [-0.05, 0) is 47.7 Å². The Kier molecular flexibility index (Phi) is 5.58. The van der Waals surface area contributed by atoms with Crippen LogP contribution in [0.5, 0.6) is 0 Å². The van der Waals surface area contributed by atoms with E-state index in [9.17, 15) is 13.2 Å². The molecule has 1 amide bonds. The Morgan fingerprint density at radius 2 is 1.68 bits per heavy atom. The van der Waals surface area contributed by atoms with Crippen molar-refractivity contribution in [2.75, 3.05) is 10.8 Å². The smallest absolute Gasteiger partial charge is 0.265 e. The number of amides is 1. The molecule has 5 nitrogen and oxygen atoms in total. The molecule has 0 radical (unpaired) electrons. The minimum absolute atomic E-state index is 0.232. The molecule has 0 bridgehead atoms. The van der Waals surface area contributed by atoms with Crippen LogP contribution in [0.1, 0.15) is 36.5 Å². The topological polar surface area (TPSA) is 66.5 Å². The monoisotopic (exact) mass is 434 g/mol. The van der Waals surface area contributed by atoms with Crippen LogP contribution in [-0.4, -0.2) is 20.9 Å². The van der Waals surface area contributed by atoms with Gasteiger partial charge in [-0.15, -0.1) is 0 Å². The maximum atomic E-state index is 13.4. The summed E-state index contributed by atoms with van der Waals surface area (Å²) in [4.78, 5) is 13.0. The van der Waals surface area contributed by atoms with Crippen LogP contribution < -0.4 is 9.62 Å². The molecular formula is C25H26N2O3S. The number of fused-ring (bicyclic) bond motifs is 3. The highest BCUT2D eigenvalue weighted by molar-refractivity contribution is 7.93. The van der Waals surface area contributed by atoms with Crippen molar-refractivity contribution < 1.29 is 13.2 Å². The predicted octanol–water partition coefficient (Wildman–Crippen LogP) is 4.61. The number of carbonyl (C=O) groups is 1. The molecule has 0 saturated carbocycles. The lowest BCUT2D eigenvalue weighted by atomic mass is 9.95. The van der Waals surface area contributed by atoms with E-state index < -0.39 is 10.0 Å². The highest BCUT2D eigenvalue weighted by Gasteiger charge is 2.36. The second-order valence-corrected chi connectivity index (χ2v) is 9.97. The van der Waals surface area contributed by atoms with Crippen LogP contribution in [-0.2, 0) is 21.4 Å². The largest absolute Gasteiger partial charge is 0.350 e. The van der Waals surface area contributed by atoms with Crippen molar-refractivity contribution in [1.29, 1.82) is 0 Å². The van der Waals surface area contributed by atoms with Crippen LogP contribution in [0.2, 0.25) is 0 Å². The van der Waals surface area contributed by atoms with Gasteiger partial charge in [0.05, 0.1) is 10.6 Å². The van der Waals surface area contributed by atoms with Crippen molar-refractivity contribution >= 4 is 21.6 Å². The number of nitrogens with one attached hydrogen (secondary N) is 1. The maximum absolute atomic E-state index is 13.4. The summed E-state index contributed by atoms with van der Waals surface area (Å²) in [7, 11) is -3.84. The van der Waals surface area contributed by atoms with Gasteiger partial charge in [-0.1, -0.05) is 62.4 Å². The minimum Gasteiger partial charge on any atom is -0.350 e. The third-order valence-corrected chi connectivity index (χ3v) is 7.54. The molecular weight excluding hydrogens is 408 g/mol. The zero-order valence-electron chi connectivity index (χ0n) is 17.9. The first-order chi connectivity index (χ1) is 14.8. The zero-order valence-corrected chi connectivity index (χ0v) is 18.7. The average molecular weight is 435 g/mol. The summed E-state index contributed by atoms with van der Waals surface area (Å²) < 4.78 is 28.0. The summed E-state index contributed by atoms with van der Waals surface area (Å²) >= 11 is 0. The standard InChI is InChI=1S/C25H26N2O3S/c1-17(2)19-12-13-23-22(14-19)21-10-6-7-11-24(21)31(29,30)27(23)16-25(28)26-15-20-9-5-4-8-18(20)3/h4-14,17H,15-16H2,1-3H3,(H,26,28). The Balaban J connectivity index is 1.68. The van der Waals surface area contributed by atoms with Gasteiger partial charge in [-0.3, -0.25) is 9.10 Å². The molecule has 0 aliphatic carbocycles. The van der Waals surface area contributed by atoms with Gasteiger partial charge in [0.15, 0.2) is 0 Å². The van der Waals surface area contributed by atoms with E-state index in [2.05, 4.69) is 19.2 Å². The van der Waals surface area contributed by atoms with Gasteiger partial charge < -0.3 is 5.32 Å². The molecule has 4 rings (SSSR count). The Bertz CT molecular complexity index is 1250. The van der Waals surface area contributed by atoms with Gasteiger partial charge in [-0.2, -0.15) is 0 Å². The highest BCUT2D eigenvalue weighted by atomic mass is 32.2. The lowest BCUT2D eigenvalue weighted by Gasteiger charge is -2.32. The second kappa shape index (κ2) is 8.19. The van der Waals surface area contributed by atoms with Crippen molar-refractivity contribution in [3.8, 4) is 11.1 Å². The number of sulfonamides is 1. The van der Waals surface area contributed by atoms with E-state index in [4.69, 9.17) is 0 Å². The molecule has 1 heterocycles. The molecule has 1 N–H and O–H groups in total. The molecule has 0 unspecified atom stereocenters. The first-order valence-corrected chi connectivity index (χ1v) is 11.8. The van der Waals surface area contributed by atoms with Gasteiger partial charge >= 0.3 is 0 Å². The summed E-state index contributed by atoms with van der Waals surface area (Å²) in [5, 5.41) is 2.86. The summed E-state index contributed by atoms with van der Waals surface area (Å²) in [6, 6.07) is 20.6. The number of hydrogen-bond donors (Lipinski definition) is 1. The van der Waals surface area contributed by atoms with Gasteiger partial charge in [-0.25, -0.2) is 8.42 Å². The summed E-state index contributed by atoms with van der Waals surface area (Å²) in [5.74, 6) is -0.0352. The molecule has 1 aliphatic rings. The number of nitrogens with zero attached hydrogens (tertiary/aromatic N) is 1. The van der Waals surface area contributed by atoms with E-state index >= 15 is 0 Å².